The fourth-order valence-electron chi connectivity index (χ4n) is 2.81. The first-order valence-electron chi connectivity index (χ1n) is 7.91. The van der Waals surface area contributed by atoms with Gasteiger partial charge in [-0.05, 0) is 19.8 Å². The molecule has 2 atom stereocenters. The molecule has 1 aromatic heterocycles. The van der Waals surface area contributed by atoms with E-state index in [1.165, 1.54) is 17.1 Å². The highest BCUT2D eigenvalue weighted by Gasteiger charge is 2.36. The van der Waals surface area contributed by atoms with Crippen LogP contribution in [0.3, 0.4) is 0 Å². The molecule has 0 aliphatic carbocycles. The summed E-state index contributed by atoms with van der Waals surface area (Å²) in [6.45, 7) is 3.39. The van der Waals surface area contributed by atoms with Crippen LogP contribution in [0.1, 0.15) is 37.0 Å². The van der Waals surface area contributed by atoms with E-state index in [9.17, 15) is 18.0 Å². The zero-order valence-corrected chi connectivity index (χ0v) is 15.0. The Kier molecular flexibility index (Phi) is 5.63. The second kappa shape index (κ2) is 7.33. The summed E-state index contributed by atoms with van der Waals surface area (Å²) in [6, 6.07) is -0.470. The van der Waals surface area contributed by atoms with E-state index in [1.807, 2.05) is 13.8 Å². The van der Waals surface area contributed by atoms with Crippen molar-refractivity contribution in [3.63, 3.8) is 0 Å². The molecule has 1 aliphatic heterocycles. The lowest BCUT2D eigenvalue weighted by Gasteiger charge is -2.33. The van der Waals surface area contributed by atoms with Crippen LogP contribution in [0.2, 0.25) is 0 Å². The van der Waals surface area contributed by atoms with E-state index in [2.05, 4.69) is 5.10 Å². The third-order valence-corrected chi connectivity index (χ3v) is 5.97. The van der Waals surface area contributed by atoms with Crippen LogP contribution in [-0.2, 0) is 26.4 Å². The monoisotopic (exact) mass is 357 g/mol. The van der Waals surface area contributed by atoms with Crippen LogP contribution in [0.5, 0.6) is 0 Å². The van der Waals surface area contributed by atoms with E-state index in [-0.39, 0.29) is 35.1 Å². The minimum Gasteiger partial charge on any atom is -0.452 e. The lowest BCUT2D eigenvalue weighted by Crippen LogP contribution is -2.48. The van der Waals surface area contributed by atoms with Crippen LogP contribution in [0, 0.1) is 0 Å². The number of carbonyl (C=O) groups excluding carboxylic acids is 2. The first kappa shape index (κ1) is 18.4. The minimum absolute atomic E-state index is 0.0281. The van der Waals surface area contributed by atoms with Gasteiger partial charge in [-0.2, -0.15) is 5.10 Å². The maximum atomic E-state index is 12.5. The second-order valence-corrected chi connectivity index (χ2v) is 8.32. The predicted octanol–water partition coefficient (Wildman–Crippen LogP) is 0.391. The van der Waals surface area contributed by atoms with Gasteiger partial charge in [-0.1, -0.05) is 6.92 Å². The van der Waals surface area contributed by atoms with E-state index in [4.69, 9.17) is 4.74 Å². The Morgan fingerprint density at radius 1 is 1.50 bits per heavy atom. The average molecular weight is 357 g/mol. The van der Waals surface area contributed by atoms with Gasteiger partial charge in [0.05, 0.1) is 23.3 Å². The highest BCUT2D eigenvalue weighted by atomic mass is 32.2. The lowest BCUT2D eigenvalue weighted by atomic mass is 10.1. The molecule has 0 radical (unpaired) electrons. The molecule has 1 aliphatic rings. The zero-order chi connectivity index (χ0) is 17.9. The second-order valence-electron chi connectivity index (χ2n) is 6.09. The van der Waals surface area contributed by atoms with Gasteiger partial charge in [0.1, 0.15) is 0 Å². The number of amides is 1. The molecule has 9 heteroatoms. The third-order valence-electron chi connectivity index (χ3n) is 4.22. The van der Waals surface area contributed by atoms with Gasteiger partial charge >= 0.3 is 5.97 Å². The summed E-state index contributed by atoms with van der Waals surface area (Å²) in [5.74, 6) is -0.934. The number of carbonyl (C=O) groups is 2. The Bertz CT molecular complexity index is 712. The van der Waals surface area contributed by atoms with Gasteiger partial charge in [0.2, 0.25) is 0 Å². The molecule has 1 amide bonds. The van der Waals surface area contributed by atoms with Crippen molar-refractivity contribution in [3.05, 3.63) is 18.0 Å². The van der Waals surface area contributed by atoms with Gasteiger partial charge in [-0.15, -0.1) is 0 Å². The van der Waals surface area contributed by atoms with Crippen molar-refractivity contribution in [2.24, 2.45) is 7.05 Å². The molecule has 2 unspecified atom stereocenters. The summed E-state index contributed by atoms with van der Waals surface area (Å²) in [5.41, 5.74) is 0.267. The SMILES string of the molecule is CCC(C)N(C(=O)COC(=O)c1cnn(C)c1)C1CCS(=O)(=O)C1. The molecular weight excluding hydrogens is 334 g/mol. The van der Waals surface area contributed by atoms with Gasteiger partial charge in [-0.3, -0.25) is 9.48 Å². The van der Waals surface area contributed by atoms with Crippen LogP contribution in [0.25, 0.3) is 0 Å². The van der Waals surface area contributed by atoms with Crippen LogP contribution in [-0.4, -0.2) is 65.2 Å². The van der Waals surface area contributed by atoms with Crippen molar-refractivity contribution in [1.82, 2.24) is 14.7 Å². The Labute approximate surface area is 141 Å². The van der Waals surface area contributed by atoms with Gasteiger partial charge in [-0.25, -0.2) is 13.2 Å². The zero-order valence-electron chi connectivity index (χ0n) is 14.1. The quantitative estimate of drug-likeness (QED) is 0.683. The summed E-state index contributed by atoms with van der Waals surface area (Å²) in [6.07, 6.45) is 3.99. The number of hydrogen-bond acceptors (Lipinski definition) is 6. The number of ether oxygens (including phenoxy) is 1. The van der Waals surface area contributed by atoms with Crippen molar-refractivity contribution < 1.29 is 22.7 Å². The molecular formula is C15H23N3O5S. The average Bonchev–Trinajstić information content (AvgIpc) is 3.10. The normalized spacial score (nSPS) is 20.5. The summed E-state index contributed by atoms with van der Waals surface area (Å²) >= 11 is 0. The molecule has 2 rings (SSSR count). The maximum absolute atomic E-state index is 12.5. The summed E-state index contributed by atoms with van der Waals surface area (Å²) in [4.78, 5) is 26.0. The summed E-state index contributed by atoms with van der Waals surface area (Å²) in [7, 11) is -1.43. The number of hydrogen-bond donors (Lipinski definition) is 0. The predicted molar refractivity (Wildman–Crippen MR) is 87.1 cm³/mol. The fourth-order valence-corrected chi connectivity index (χ4v) is 4.52. The van der Waals surface area contributed by atoms with Crippen molar-refractivity contribution in [2.45, 2.75) is 38.8 Å². The van der Waals surface area contributed by atoms with E-state index < -0.39 is 22.4 Å². The largest absolute Gasteiger partial charge is 0.452 e. The Morgan fingerprint density at radius 2 is 2.21 bits per heavy atom. The molecule has 0 bridgehead atoms. The Balaban J connectivity index is 2.01. The molecule has 0 aromatic carbocycles. The third kappa shape index (κ3) is 4.34. The molecule has 0 N–H and O–H groups in total. The fraction of sp³-hybridized carbons (Fsp3) is 0.667. The van der Waals surface area contributed by atoms with Crippen LogP contribution in [0.4, 0.5) is 0 Å². The minimum atomic E-state index is -3.10. The van der Waals surface area contributed by atoms with Gasteiger partial charge in [0.15, 0.2) is 16.4 Å². The standard InChI is InChI=1S/C15H23N3O5S/c1-4-11(2)18(13-5-6-24(21,22)10-13)14(19)9-23-15(20)12-7-16-17(3)8-12/h7-8,11,13H,4-6,9-10H2,1-3H3. The lowest BCUT2D eigenvalue weighted by molar-refractivity contribution is -0.138. The van der Waals surface area contributed by atoms with E-state index in [0.29, 0.717) is 12.8 Å². The number of aromatic nitrogens is 2. The van der Waals surface area contributed by atoms with Gasteiger partial charge < -0.3 is 9.64 Å². The van der Waals surface area contributed by atoms with Crippen molar-refractivity contribution >= 4 is 21.7 Å². The molecule has 1 saturated heterocycles. The Hall–Kier alpha value is -1.90. The maximum Gasteiger partial charge on any atom is 0.341 e. The van der Waals surface area contributed by atoms with E-state index in [1.54, 1.807) is 11.9 Å². The van der Waals surface area contributed by atoms with Crippen LogP contribution in [0.15, 0.2) is 12.4 Å². The summed E-state index contributed by atoms with van der Waals surface area (Å²) in [5, 5.41) is 3.87. The molecule has 0 saturated carbocycles. The number of aryl methyl sites for hydroxylation is 1. The highest BCUT2D eigenvalue weighted by Crippen LogP contribution is 2.21. The highest BCUT2D eigenvalue weighted by molar-refractivity contribution is 7.91. The van der Waals surface area contributed by atoms with Crippen molar-refractivity contribution in [2.75, 3.05) is 18.1 Å². The van der Waals surface area contributed by atoms with Crippen molar-refractivity contribution in [3.8, 4) is 0 Å². The first-order valence-corrected chi connectivity index (χ1v) is 9.73. The van der Waals surface area contributed by atoms with Crippen molar-refractivity contribution in [1.29, 1.82) is 0 Å². The molecule has 134 valence electrons. The van der Waals surface area contributed by atoms with Crippen LogP contribution >= 0.6 is 0 Å². The summed E-state index contributed by atoms with van der Waals surface area (Å²) < 4.78 is 29.9. The smallest absolute Gasteiger partial charge is 0.341 e. The number of rotatable bonds is 6. The molecule has 0 spiro atoms. The molecule has 24 heavy (non-hydrogen) atoms. The van der Waals surface area contributed by atoms with Gasteiger partial charge in [0, 0.05) is 25.3 Å². The number of nitrogens with zero attached hydrogens (tertiary/aromatic N) is 3. The molecule has 8 nitrogen and oxygen atoms in total. The Morgan fingerprint density at radius 3 is 2.71 bits per heavy atom. The molecule has 1 fully saturated rings. The van der Waals surface area contributed by atoms with E-state index >= 15 is 0 Å². The number of sulfone groups is 1. The van der Waals surface area contributed by atoms with Crippen LogP contribution < -0.4 is 0 Å². The van der Waals surface area contributed by atoms with Gasteiger partial charge in [0.25, 0.3) is 5.91 Å². The first-order chi connectivity index (χ1) is 11.2. The molecule has 1 aromatic rings. The van der Waals surface area contributed by atoms with E-state index in [0.717, 1.165) is 0 Å². The molecule has 2 heterocycles. The topological polar surface area (TPSA) is 98.6 Å². The number of esters is 1.